The Morgan fingerprint density at radius 3 is 2.24 bits per heavy atom. The van der Waals surface area contributed by atoms with Crippen LogP contribution >= 0.6 is 0 Å². The second-order valence-corrected chi connectivity index (χ2v) is 16.6. The molecule has 1 unspecified atom stereocenters. The van der Waals surface area contributed by atoms with Crippen molar-refractivity contribution >= 4 is 39.5 Å². The number of piperazine rings is 1. The molecule has 14 heteroatoms. The molecule has 3 N–H and O–H groups in total. The van der Waals surface area contributed by atoms with Crippen molar-refractivity contribution in [1.29, 1.82) is 0 Å². The molecule has 2 aliphatic rings. The summed E-state index contributed by atoms with van der Waals surface area (Å²) < 4.78 is 40.4. The standard InChI is InChI=1S/C40H49N5O8S/c1-7-29-24-40(29,37(48)43-54(50,51)32-20-14-19-31(23-32)52-26-28-15-10-8-11-16-28)42-35(46)33-25-44(21-22-45(33)30-17-12-9-13-18-30)36(47)34(27(2)3)41-38(49)53-39(4,5)6/h7-20,23,27,29,33-34H,1,21-22,24-26H2,2-6H3,(H,41,49)(H,42,46)(H,43,48)/t29-,33?,34+,40-/m1/s1. The number of ether oxygens (including phenoxy) is 2. The summed E-state index contributed by atoms with van der Waals surface area (Å²) in [7, 11) is -4.39. The van der Waals surface area contributed by atoms with Crippen LogP contribution in [0, 0.1) is 11.8 Å². The van der Waals surface area contributed by atoms with Crippen LogP contribution in [0.5, 0.6) is 5.75 Å². The first-order valence-electron chi connectivity index (χ1n) is 17.9. The van der Waals surface area contributed by atoms with Crippen LogP contribution in [0.3, 0.4) is 0 Å². The van der Waals surface area contributed by atoms with Gasteiger partial charge in [0.15, 0.2) is 0 Å². The molecule has 1 aliphatic carbocycles. The molecule has 0 bridgehead atoms. The van der Waals surface area contributed by atoms with Crippen molar-refractivity contribution in [3.8, 4) is 5.75 Å². The number of para-hydroxylation sites is 1. The SMILES string of the molecule is C=C[C@@H]1C[C@]1(NC(=O)C1CN(C(=O)[C@@H](NC(=O)OC(C)(C)C)C(C)C)CCN1c1ccccc1)C(=O)NS(=O)(=O)c1cccc(OCc2ccccc2)c1. The second kappa shape index (κ2) is 16.3. The fourth-order valence-corrected chi connectivity index (χ4v) is 7.44. The molecule has 1 heterocycles. The first-order chi connectivity index (χ1) is 25.5. The Morgan fingerprint density at radius 1 is 0.963 bits per heavy atom. The number of amides is 4. The minimum Gasteiger partial charge on any atom is -0.489 e. The predicted molar refractivity (Wildman–Crippen MR) is 204 cm³/mol. The van der Waals surface area contributed by atoms with Crippen LogP contribution in [-0.4, -0.2) is 80.0 Å². The predicted octanol–water partition coefficient (Wildman–Crippen LogP) is 4.40. The molecule has 54 heavy (non-hydrogen) atoms. The van der Waals surface area contributed by atoms with E-state index in [0.29, 0.717) is 5.75 Å². The number of benzene rings is 3. The minimum absolute atomic E-state index is 0.0662. The summed E-state index contributed by atoms with van der Waals surface area (Å²) in [6, 6.07) is 22.5. The largest absolute Gasteiger partial charge is 0.489 e. The zero-order chi connectivity index (χ0) is 39.3. The van der Waals surface area contributed by atoms with Crippen molar-refractivity contribution in [2.24, 2.45) is 11.8 Å². The topological polar surface area (TPSA) is 163 Å². The summed E-state index contributed by atoms with van der Waals surface area (Å²) in [4.78, 5) is 58.0. The first kappa shape index (κ1) is 39.8. The molecule has 0 spiro atoms. The van der Waals surface area contributed by atoms with E-state index in [2.05, 4.69) is 21.9 Å². The minimum atomic E-state index is -4.39. The Bertz CT molecular complexity index is 1950. The maximum absolute atomic E-state index is 14.3. The van der Waals surface area contributed by atoms with Crippen molar-refractivity contribution in [2.75, 3.05) is 24.5 Å². The highest BCUT2D eigenvalue weighted by atomic mass is 32.2. The summed E-state index contributed by atoms with van der Waals surface area (Å²) in [5.74, 6) is -2.42. The van der Waals surface area contributed by atoms with E-state index < -0.39 is 57.1 Å². The maximum Gasteiger partial charge on any atom is 0.408 e. The molecular weight excluding hydrogens is 711 g/mol. The third-order valence-corrected chi connectivity index (χ3v) is 10.7. The van der Waals surface area contributed by atoms with E-state index in [4.69, 9.17) is 9.47 Å². The Kier molecular flexibility index (Phi) is 12.0. The summed E-state index contributed by atoms with van der Waals surface area (Å²) in [6.07, 6.45) is 0.899. The molecule has 4 atom stereocenters. The molecule has 1 saturated heterocycles. The van der Waals surface area contributed by atoms with Crippen LogP contribution in [-0.2, 0) is 35.8 Å². The van der Waals surface area contributed by atoms with Gasteiger partial charge in [-0.2, -0.15) is 0 Å². The van der Waals surface area contributed by atoms with E-state index in [-0.39, 0.29) is 49.4 Å². The first-order valence-corrected chi connectivity index (χ1v) is 19.4. The van der Waals surface area contributed by atoms with Crippen LogP contribution in [0.1, 0.15) is 46.6 Å². The molecule has 288 valence electrons. The normalized spacial score (nSPS) is 20.3. The molecule has 0 aromatic heterocycles. The third-order valence-electron chi connectivity index (χ3n) is 9.33. The zero-order valence-electron chi connectivity index (χ0n) is 31.3. The molecule has 13 nitrogen and oxygen atoms in total. The summed E-state index contributed by atoms with van der Waals surface area (Å²) in [5.41, 5.74) is -0.743. The van der Waals surface area contributed by atoms with E-state index in [9.17, 15) is 27.6 Å². The highest BCUT2D eigenvalue weighted by Crippen LogP contribution is 2.45. The molecule has 5 rings (SSSR count). The molecular formula is C40H49N5O8S. The average molecular weight is 760 g/mol. The molecule has 3 aromatic rings. The van der Waals surface area contributed by atoms with Crippen LogP contribution in [0.4, 0.5) is 10.5 Å². The number of carbonyl (C=O) groups excluding carboxylic acids is 4. The van der Waals surface area contributed by atoms with E-state index in [0.717, 1.165) is 11.3 Å². The Hall–Kier alpha value is -5.37. The van der Waals surface area contributed by atoms with Gasteiger partial charge in [-0.15, -0.1) is 6.58 Å². The van der Waals surface area contributed by atoms with Gasteiger partial charge in [0.05, 0.1) is 11.4 Å². The molecule has 4 amide bonds. The van der Waals surface area contributed by atoms with Crippen LogP contribution in [0.25, 0.3) is 0 Å². The maximum atomic E-state index is 14.3. The second-order valence-electron chi connectivity index (χ2n) is 14.9. The van der Waals surface area contributed by atoms with Gasteiger partial charge in [0, 0.05) is 30.8 Å². The molecule has 1 saturated carbocycles. The zero-order valence-corrected chi connectivity index (χ0v) is 32.1. The third kappa shape index (κ3) is 9.59. The number of rotatable bonds is 13. The quantitative estimate of drug-likeness (QED) is 0.215. The van der Waals surface area contributed by atoms with Crippen molar-refractivity contribution in [1.82, 2.24) is 20.3 Å². The van der Waals surface area contributed by atoms with Gasteiger partial charge in [0.25, 0.3) is 15.9 Å². The van der Waals surface area contributed by atoms with E-state index in [1.165, 1.54) is 29.2 Å². The fourth-order valence-electron chi connectivity index (χ4n) is 6.36. The molecule has 3 aromatic carbocycles. The van der Waals surface area contributed by atoms with Crippen molar-refractivity contribution < 1.29 is 37.1 Å². The molecule has 2 fully saturated rings. The number of sulfonamides is 1. The van der Waals surface area contributed by atoms with Gasteiger partial charge in [0.1, 0.15) is 35.6 Å². The van der Waals surface area contributed by atoms with Crippen LogP contribution in [0.15, 0.2) is 102 Å². The Morgan fingerprint density at radius 2 is 1.63 bits per heavy atom. The van der Waals surface area contributed by atoms with Gasteiger partial charge >= 0.3 is 6.09 Å². The fraction of sp³-hybridized carbons (Fsp3) is 0.400. The lowest BCUT2D eigenvalue weighted by atomic mass is 10.0. The summed E-state index contributed by atoms with van der Waals surface area (Å²) in [6.45, 7) is 13.3. The van der Waals surface area contributed by atoms with E-state index >= 15 is 0 Å². The van der Waals surface area contributed by atoms with Gasteiger partial charge in [-0.1, -0.05) is 74.5 Å². The highest BCUT2D eigenvalue weighted by molar-refractivity contribution is 7.90. The van der Waals surface area contributed by atoms with Crippen molar-refractivity contribution in [2.45, 2.75) is 75.8 Å². The van der Waals surface area contributed by atoms with Crippen molar-refractivity contribution in [3.05, 3.63) is 103 Å². The number of hydrogen-bond donors (Lipinski definition) is 3. The average Bonchev–Trinajstić information content (AvgIpc) is 3.86. The van der Waals surface area contributed by atoms with E-state index in [1.807, 2.05) is 65.6 Å². The summed E-state index contributed by atoms with van der Waals surface area (Å²) >= 11 is 0. The number of hydrogen-bond acceptors (Lipinski definition) is 9. The highest BCUT2D eigenvalue weighted by Gasteiger charge is 2.61. The van der Waals surface area contributed by atoms with Gasteiger partial charge in [-0.25, -0.2) is 17.9 Å². The Labute approximate surface area is 317 Å². The monoisotopic (exact) mass is 759 g/mol. The van der Waals surface area contributed by atoms with Crippen LogP contribution in [0.2, 0.25) is 0 Å². The van der Waals surface area contributed by atoms with Gasteiger partial charge in [-0.3, -0.25) is 14.4 Å². The van der Waals surface area contributed by atoms with E-state index in [1.54, 1.807) is 40.7 Å². The lowest BCUT2D eigenvalue weighted by molar-refractivity contribution is -0.137. The number of anilines is 1. The van der Waals surface area contributed by atoms with Crippen molar-refractivity contribution in [3.63, 3.8) is 0 Å². The smallest absolute Gasteiger partial charge is 0.408 e. The molecule has 0 radical (unpaired) electrons. The van der Waals surface area contributed by atoms with Gasteiger partial charge in [0.2, 0.25) is 11.8 Å². The summed E-state index contributed by atoms with van der Waals surface area (Å²) in [5, 5.41) is 5.54. The number of nitrogens with zero attached hydrogens (tertiary/aromatic N) is 2. The lowest BCUT2D eigenvalue weighted by Gasteiger charge is -2.43. The number of carbonyl (C=O) groups is 4. The number of nitrogens with one attached hydrogen (secondary N) is 3. The van der Waals surface area contributed by atoms with Gasteiger partial charge in [-0.05, 0) is 62.9 Å². The number of alkyl carbamates (subject to hydrolysis) is 1. The van der Waals surface area contributed by atoms with Gasteiger partial charge < -0.3 is 29.9 Å². The molecule has 1 aliphatic heterocycles. The lowest BCUT2D eigenvalue weighted by Crippen LogP contribution is -2.65. The van der Waals surface area contributed by atoms with Crippen LogP contribution < -0.4 is 25.0 Å². The Balaban J connectivity index is 1.34.